The average Bonchev–Trinajstić information content (AvgIpc) is 2.43. The van der Waals surface area contributed by atoms with E-state index >= 15 is 0 Å². The van der Waals surface area contributed by atoms with Gasteiger partial charge in [0, 0.05) is 31.7 Å². The van der Waals surface area contributed by atoms with Gasteiger partial charge < -0.3 is 15.2 Å². The summed E-state index contributed by atoms with van der Waals surface area (Å²) < 4.78 is 5.55. The molecule has 0 aromatic heterocycles. The van der Waals surface area contributed by atoms with Gasteiger partial charge >= 0.3 is 0 Å². The van der Waals surface area contributed by atoms with Crippen LogP contribution in [0.3, 0.4) is 0 Å². The van der Waals surface area contributed by atoms with Crippen LogP contribution in [0.4, 0.5) is 0 Å². The number of aliphatic hydroxyl groups excluding tert-OH is 1. The van der Waals surface area contributed by atoms with Crippen LogP contribution in [0, 0.1) is 5.41 Å². The fourth-order valence-corrected chi connectivity index (χ4v) is 2.74. The van der Waals surface area contributed by atoms with Crippen molar-refractivity contribution in [2.45, 2.75) is 59.1 Å². The first kappa shape index (κ1) is 17.9. The molecular weight excluding hydrogens is 252 g/mol. The number of rotatable bonds is 7. The smallest absolute Gasteiger partial charge is 0.0932 e. The van der Waals surface area contributed by atoms with Gasteiger partial charge in [0.05, 0.1) is 19.3 Å². The molecule has 120 valence electrons. The molecule has 1 saturated heterocycles. The van der Waals surface area contributed by atoms with E-state index in [1.807, 2.05) is 0 Å². The Morgan fingerprint density at radius 1 is 1.25 bits per heavy atom. The van der Waals surface area contributed by atoms with Crippen LogP contribution in [0.15, 0.2) is 0 Å². The van der Waals surface area contributed by atoms with Gasteiger partial charge in [-0.3, -0.25) is 4.90 Å². The molecule has 20 heavy (non-hydrogen) atoms. The minimum atomic E-state index is -0.00858. The molecule has 0 aromatic rings. The number of nitrogens with zero attached hydrogens (tertiary/aromatic N) is 1. The Labute approximate surface area is 124 Å². The van der Waals surface area contributed by atoms with Gasteiger partial charge in [-0.1, -0.05) is 13.8 Å². The second kappa shape index (κ2) is 7.74. The molecule has 0 radical (unpaired) electrons. The molecule has 0 amide bonds. The molecule has 0 saturated carbocycles. The van der Waals surface area contributed by atoms with Crippen molar-refractivity contribution < 1.29 is 9.84 Å². The molecule has 2 N–H and O–H groups in total. The Kier molecular flexibility index (Phi) is 6.92. The van der Waals surface area contributed by atoms with E-state index in [0.29, 0.717) is 5.41 Å². The molecular formula is C16H34N2O2. The number of aliphatic hydroxyl groups is 1. The Balaban J connectivity index is 2.60. The highest BCUT2D eigenvalue weighted by Gasteiger charge is 2.32. The van der Waals surface area contributed by atoms with Crippen molar-refractivity contribution >= 4 is 0 Å². The van der Waals surface area contributed by atoms with Crippen LogP contribution < -0.4 is 5.32 Å². The third-order valence-corrected chi connectivity index (χ3v) is 4.48. The molecule has 1 unspecified atom stereocenters. The molecule has 1 rings (SSSR count). The zero-order chi connectivity index (χ0) is 15.2. The van der Waals surface area contributed by atoms with Gasteiger partial charge in [0.15, 0.2) is 0 Å². The maximum Gasteiger partial charge on any atom is 0.0932 e. The molecule has 1 fully saturated rings. The van der Waals surface area contributed by atoms with Crippen molar-refractivity contribution in [1.82, 2.24) is 10.2 Å². The zero-order valence-corrected chi connectivity index (χ0v) is 14.0. The first-order chi connectivity index (χ1) is 9.34. The number of nitrogens with one attached hydrogen (secondary N) is 1. The minimum Gasteiger partial charge on any atom is -0.394 e. The topological polar surface area (TPSA) is 44.7 Å². The number of ether oxygens (including phenoxy) is 1. The van der Waals surface area contributed by atoms with E-state index in [1.165, 1.54) is 12.8 Å². The molecule has 1 atom stereocenters. The lowest BCUT2D eigenvalue weighted by Crippen LogP contribution is -2.52. The van der Waals surface area contributed by atoms with Crippen LogP contribution in [0.25, 0.3) is 0 Å². The van der Waals surface area contributed by atoms with Gasteiger partial charge in [-0.15, -0.1) is 0 Å². The van der Waals surface area contributed by atoms with E-state index in [9.17, 15) is 5.11 Å². The molecule has 0 aromatic carbocycles. The molecule has 0 spiro atoms. The Bertz CT molecular complexity index is 272. The first-order valence-corrected chi connectivity index (χ1v) is 8.04. The Morgan fingerprint density at radius 3 is 2.40 bits per heavy atom. The lowest BCUT2D eigenvalue weighted by atomic mass is 9.80. The van der Waals surface area contributed by atoms with E-state index in [1.54, 1.807) is 0 Å². The lowest BCUT2D eigenvalue weighted by molar-refractivity contribution is -0.0636. The largest absolute Gasteiger partial charge is 0.394 e. The molecule has 1 heterocycles. The molecule has 4 nitrogen and oxygen atoms in total. The third-order valence-electron chi connectivity index (χ3n) is 4.48. The van der Waals surface area contributed by atoms with Gasteiger partial charge in [0.1, 0.15) is 0 Å². The summed E-state index contributed by atoms with van der Waals surface area (Å²) in [7, 11) is 0. The van der Waals surface area contributed by atoms with Crippen LogP contribution in [-0.2, 0) is 4.74 Å². The van der Waals surface area contributed by atoms with Gasteiger partial charge in [-0.05, 0) is 39.0 Å². The van der Waals surface area contributed by atoms with Crippen molar-refractivity contribution in [3.05, 3.63) is 0 Å². The van der Waals surface area contributed by atoms with Gasteiger partial charge in [-0.25, -0.2) is 0 Å². The van der Waals surface area contributed by atoms with Crippen molar-refractivity contribution in [2.75, 3.05) is 39.4 Å². The monoisotopic (exact) mass is 286 g/mol. The van der Waals surface area contributed by atoms with Crippen LogP contribution in [-0.4, -0.2) is 61.0 Å². The third kappa shape index (κ3) is 5.68. The maximum absolute atomic E-state index is 9.27. The summed E-state index contributed by atoms with van der Waals surface area (Å²) in [6.07, 6.45) is 2.34. The second-order valence-corrected chi connectivity index (χ2v) is 7.22. The predicted octanol–water partition coefficient (Wildman–Crippen LogP) is 1.87. The van der Waals surface area contributed by atoms with Crippen molar-refractivity contribution in [3.8, 4) is 0 Å². The van der Waals surface area contributed by atoms with Crippen LogP contribution in [0.5, 0.6) is 0 Å². The zero-order valence-electron chi connectivity index (χ0n) is 14.0. The van der Waals surface area contributed by atoms with Crippen LogP contribution in [0.2, 0.25) is 0 Å². The summed E-state index contributed by atoms with van der Waals surface area (Å²) in [5.41, 5.74) is 0.471. The van der Waals surface area contributed by atoms with E-state index in [2.05, 4.69) is 44.8 Å². The van der Waals surface area contributed by atoms with E-state index in [0.717, 1.165) is 32.8 Å². The maximum atomic E-state index is 9.27. The molecule has 1 aliphatic rings. The average molecular weight is 286 g/mol. The molecule has 0 aliphatic carbocycles. The summed E-state index contributed by atoms with van der Waals surface area (Å²) >= 11 is 0. The van der Waals surface area contributed by atoms with E-state index in [4.69, 9.17) is 4.74 Å². The molecule has 0 bridgehead atoms. The summed E-state index contributed by atoms with van der Waals surface area (Å²) in [6, 6.07) is 0. The number of hydrogen-bond donors (Lipinski definition) is 2. The fraction of sp³-hybridized carbons (Fsp3) is 1.00. The first-order valence-electron chi connectivity index (χ1n) is 8.04. The summed E-state index contributed by atoms with van der Waals surface area (Å²) in [5, 5.41) is 12.9. The lowest BCUT2D eigenvalue weighted by Gasteiger charge is -2.42. The van der Waals surface area contributed by atoms with Gasteiger partial charge in [-0.2, -0.15) is 0 Å². The second-order valence-electron chi connectivity index (χ2n) is 7.22. The summed E-state index contributed by atoms with van der Waals surface area (Å²) in [6.45, 7) is 16.1. The van der Waals surface area contributed by atoms with Crippen LogP contribution in [0.1, 0.15) is 47.5 Å². The fourth-order valence-electron chi connectivity index (χ4n) is 2.74. The summed E-state index contributed by atoms with van der Waals surface area (Å²) in [5.74, 6) is 0. The minimum absolute atomic E-state index is 0.00858. The Morgan fingerprint density at radius 2 is 1.90 bits per heavy atom. The molecule has 4 heteroatoms. The Hall–Kier alpha value is -0.160. The van der Waals surface area contributed by atoms with Gasteiger partial charge in [0.25, 0.3) is 0 Å². The van der Waals surface area contributed by atoms with E-state index in [-0.39, 0.29) is 18.2 Å². The molecule has 1 aliphatic heterocycles. The standard InChI is InChI=1S/C16H34N2O2/c1-6-16(7-2,12-17-15(3,4)5)13-18-8-9-20-14(10-18)11-19/h14,17,19H,6-13H2,1-5H3. The van der Waals surface area contributed by atoms with Crippen molar-refractivity contribution in [1.29, 1.82) is 0 Å². The normalized spacial score (nSPS) is 22.2. The highest BCUT2D eigenvalue weighted by molar-refractivity contribution is 4.87. The van der Waals surface area contributed by atoms with Crippen LogP contribution >= 0.6 is 0 Å². The SMILES string of the molecule is CCC(CC)(CNC(C)(C)C)CN1CCOC(CO)C1. The highest BCUT2D eigenvalue weighted by atomic mass is 16.5. The summed E-state index contributed by atoms with van der Waals surface area (Å²) in [4.78, 5) is 2.46. The number of morpholine rings is 1. The van der Waals surface area contributed by atoms with E-state index < -0.39 is 0 Å². The van der Waals surface area contributed by atoms with Crippen molar-refractivity contribution in [3.63, 3.8) is 0 Å². The van der Waals surface area contributed by atoms with Crippen molar-refractivity contribution in [2.24, 2.45) is 5.41 Å². The predicted molar refractivity (Wildman–Crippen MR) is 84.0 cm³/mol. The van der Waals surface area contributed by atoms with Gasteiger partial charge in [0.2, 0.25) is 0 Å². The highest BCUT2D eigenvalue weighted by Crippen LogP contribution is 2.28. The quantitative estimate of drug-likeness (QED) is 0.750. The number of hydrogen-bond acceptors (Lipinski definition) is 4.